The third-order valence-corrected chi connectivity index (χ3v) is 6.14. The Bertz CT molecular complexity index is 416. The van der Waals surface area contributed by atoms with E-state index >= 15 is 0 Å². The van der Waals surface area contributed by atoms with Gasteiger partial charge in [-0.15, -0.1) is 0 Å². The molecule has 0 aromatic heterocycles. The zero-order chi connectivity index (χ0) is 11.7. The van der Waals surface area contributed by atoms with E-state index in [4.69, 9.17) is 5.73 Å². The first kappa shape index (κ1) is 12.9. The highest BCUT2D eigenvalue weighted by atomic mass is 32.3. The molecule has 0 atom stereocenters. The minimum atomic E-state index is -3.79. The van der Waals surface area contributed by atoms with Gasteiger partial charge in [0.15, 0.2) is 14.9 Å². The van der Waals surface area contributed by atoms with Crippen LogP contribution in [0.1, 0.15) is 19.3 Å². The molecule has 15 heavy (non-hydrogen) atoms. The largest absolute Gasteiger partial charge is 0.329 e. The lowest BCUT2D eigenvalue weighted by atomic mass is 9.78. The van der Waals surface area contributed by atoms with E-state index in [0.717, 1.165) is 12.7 Å². The number of nitrogens with two attached hydrogens (primary N) is 1. The summed E-state index contributed by atoms with van der Waals surface area (Å²) in [5.41, 5.74) is 4.86. The van der Waals surface area contributed by atoms with Gasteiger partial charge >= 0.3 is 0 Å². The standard InChI is InChI=1S/C7H16N2O4S2/c1-14(10,11)6-15(12,13)9-7(5-8)3-2-4-7/h9H,2-6,8H2,1H3. The van der Waals surface area contributed by atoms with Gasteiger partial charge < -0.3 is 5.73 Å². The average Bonchev–Trinajstić information content (AvgIpc) is 1.92. The molecule has 3 N–H and O–H groups in total. The molecule has 0 spiro atoms. The summed E-state index contributed by atoms with van der Waals surface area (Å²) in [6.07, 6.45) is 3.15. The highest BCUT2D eigenvalue weighted by Gasteiger charge is 2.39. The molecule has 0 saturated heterocycles. The number of hydrogen-bond acceptors (Lipinski definition) is 5. The summed E-state index contributed by atoms with van der Waals surface area (Å²) in [6.45, 7) is 0.204. The lowest BCUT2D eigenvalue weighted by Crippen LogP contribution is -2.58. The zero-order valence-electron chi connectivity index (χ0n) is 8.56. The number of sulfonamides is 1. The summed E-state index contributed by atoms with van der Waals surface area (Å²) in [6, 6.07) is 0. The van der Waals surface area contributed by atoms with Crippen LogP contribution in [0.4, 0.5) is 0 Å². The molecule has 0 amide bonds. The van der Waals surface area contributed by atoms with Gasteiger partial charge in [-0.2, -0.15) is 0 Å². The van der Waals surface area contributed by atoms with E-state index in [0.29, 0.717) is 12.8 Å². The maximum Gasteiger partial charge on any atom is 0.226 e. The van der Waals surface area contributed by atoms with Gasteiger partial charge in [0.05, 0.1) is 0 Å². The summed E-state index contributed by atoms with van der Waals surface area (Å²) in [5, 5.41) is -0.873. The number of hydrogen-bond donors (Lipinski definition) is 2. The van der Waals surface area contributed by atoms with Crippen LogP contribution in [0.3, 0.4) is 0 Å². The number of rotatable bonds is 5. The van der Waals surface area contributed by atoms with E-state index in [9.17, 15) is 16.8 Å². The summed E-state index contributed by atoms with van der Waals surface area (Å²) in [4.78, 5) is 0. The zero-order valence-corrected chi connectivity index (χ0v) is 10.2. The van der Waals surface area contributed by atoms with E-state index < -0.39 is 30.5 Å². The third-order valence-electron chi connectivity index (χ3n) is 2.44. The first-order valence-electron chi connectivity index (χ1n) is 4.58. The second kappa shape index (κ2) is 4.00. The molecule has 6 nitrogen and oxygen atoms in total. The molecule has 0 aliphatic heterocycles. The van der Waals surface area contributed by atoms with Gasteiger partial charge in [-0.25, -0.2) is 21.6 Å². The van der Waals surface area contributed by atoms with Crippen molar-refractivity contribution >= 4 is 19.9 Å². The monoisotopic (exact) mass is 256 g/mol. The number of nitrogens with one attached hydrogen (secondary N) is 1. The van der Waals surface area contributed by atoms with Crippen molar-refractivity contribution in [2.24, 2.45) is 5.73 Å². The summed E-state index contributed by atoms with van der Waals surface area (Å²) >= 11 is 0. The van der Waals surface area contributed by atoms with Crippen molar-refractivity contribution in [1.29, 1.82) is 0 Å². The Balaban J connectivity index is 2.72. The van der Waals surface area contributed by atoms with Crippen LogP contribution in [0.5, 0.6) is 0 Å². The van der Waals surface area contributed by atoms with Crippen molar-refractivity contribution in [3.63, 3.8) is 0 Å². The Hall–Kier alpha value is -0.180. The van der Waals surface area contributed by atoms with Crippen LogP contribution in [0.2, 0.25) is 0 Å². The molecule has 90 valence electrons. The molecule has 1 aliphatic rings. The third kappa shape index (κ3) is 3.71. The molecule has 0 bridgehead atoms. The molecule has 0 heterocycles. The van der Waals surface area contributed by atoms with Gasteiger partial charge in [0, 0.05) is 18.3 Å². The maximum atomic E-state index is 11.5. The lowest BCUT2D eigenvalue weighted by Gasteiger charge is -2.41. The normalized spacial score (nSPS) is 20.9. The minimum Gasteiger partial charge on any atom is -0.329 e. The van der Waals surface area contributed by atoms with Crippen LogP contribution in [0.25, 0.3) is 0 Å². The van der Waals surface area contributed by atoms with E-state index in [1.54, 1.807) is 0 Å². The van der Waals surface area contributed by atoms with Gasteiger partial charge in [-0.05, 0) is 19.3 Å². The molecule has 0 unspecified atom stereocenters. The minimum absolute atomic E-state index is 0.204. The highest BCUT2D eigenvalue weighted by molar-refractivity contribution is 8.06. The van der Waals surface area contributed by atoms with Crippen LogP contribution in [-0.2, 0) is 19.9 Å². The molecular formula is C7H16N2O4S2. The van der Waals surface area contributed by atoms with Gasteiger partial charge in [0.1, 0.15) is 0 Å². The van der Waals surface area contributed by atoms with E-state index in [1.165, 1.54) is 0 Å². The fourth-order valence-electron chi connectivity index (χ4n) is 1.59. The molecular weight excluding hydrogens is 240 g/mol. The van der Waals surface area contributed by atoms with Gasteiger partial charge in [0.2, 0.25) is 10.0 Å². The molecule has 0 aromatic carbocycles. The van der Waals surface area contributed by atoms with Crippen molar-refractivity contribution in [2.45, 2.75) is 24.8 Å². The van der Waals surface area contributed by atoms with Gasteiger partial charge in [-0.1, -0.05) is 0 Å². The smallest absolute Gasteiger partial charge is 0.226 e. The maximum absolute atomic E-state index is 11.5. The highest BCUT2D eigenvalue weighted by Crippen LogP contribution is 2.31. The first-order valence-corrected chi connectivity index (χ1v) is 8.29. The van der Waals surface area contributed by atoms with Crippen LogP contribution < -0.4 is 10.5 Å². The Morgan fingerprint density at radius 2 is 1.80 bits per heavy atom. The predicted octanol–water partition coefficient (Wildman–Crippen LogP) is -1.21. The van der Waals surface area contributed by atoms with Crippen LogP contribution in [0, 0.1) is 0 Å². The Kier molecular flexibility index (Phi) is 3.44. The molecule has 1 saturated carbocycles. The lowest BCUT2D eigenvalue weighted by molar-refractivity contribution is 0.231. The van der Waals surface area contributed by atoms with Crippen molar-refractivity contribution < 1.29 is 16.8 Å². The fraction of sp³-hybridized carbons (Fsp3) is 1.00. The van der Waals surface area contributed by atoms with E-state index in [-0.39, 0.29) is 6.54 Å². The Morgan fingerprint density at radius 1 is 1.27 bits per heavy atom. The van der Waals surface area contributed by atoms with Crippen LogP contribution in [0.15, 0.2) is 0 Å². The molecule has 1 aliphatic carbocycles. The molecule has 0 radical (unpaired) electrons. The van der Waals surface area contributed by atoms with Crippen LogP contribution in [-0.4, -0.2) is 40.3 Å². The fourth-order valence-corrected chi connectivity index (χ4v) is 5.03. The molecule has 1 fully saturated rings. The first-order chi connectivity index (χ1) is 6.68. The summed E-state index contributed by atoms with van der Waals surface area (Å²) in [7, 11) is -7.33. The SMILES string of the molecule is CS(=O)(=O)CS(=O)(=O)NC1(CN)CCC1. The van der Waals surface area contributed by atoms with Crippen molar-refractivity contribution in [3.8, 4) is 0 Å². The van der Waals surface area contributed by atoms with Gasteiger partial charge in [0.25, 0.3) is 0 Å². The second-order valence-electron chi connectivity index (χ2n) is 4.10. The quantitative estimate of drug-likeness (QED) is 0.642. The molecule has 0 aromatic rings. The topological polar surface area (TPSA) is 106 Å². The van der Waals surface area contributed by atoms with Crippen molar-refractivity contribution in [2.75, 3.05) is 17.9 Å². The number of sulfone groups is 1. The van der Waals surface area contributed by atoms with E-state index in [2.05, 4.69) is 4.72 Å². The van der Waals surface area contributed by atoms with E-state index in [1.807, 2.05) is 0 Å². The van der Waals surface area contributed by atoms with Gasteiger partial charge in [-0.3, -0.25) is 0 Å². The molecule has 8 heteroatoms. The summed E-state index contributed by atoms with van der Waals surface area (Å²) in [5.74, 6) is 0. The van der Waals surface area contributed by atoms with Crippen molar-refractivity contribution in [1.82, 2.24) is 4.72 Å². The van der Waals surface area contributed by atoms with Crippen molar-refractivity contribution in [3.05, 3.63) is 0 Å². The Morgan fingerprint density at radius 3 is 2.07 bits per heavy atom. The van der Waals surface area contributed by atoms with Crippen LogP contribution >= 0.6 is 0 Å². The molecule has 1 rings (SSSR count). The summed E-state index contributed by atoms with van der Waals surface area (Å²) < 4.78 is 47.1. The second-order valence-corrected chi connectivity index (χ2v) is 8.33. The predicted molar refractivity (Wildman–Crippen MR) is 57.4 cm³/mol. The average molecular weight is 256 g/mol. The Labute approximate surface area is 90.2 Å².